The lowest BCUT2D eigenvalue weighted by molar-refractivity contribution is -0.144. The first kappa shape index (κ1) is 14.3. The fourth-order valence-electron chi connectivity index (χ4n) is 1.57. The van der Waals surface area contributed by atoms with Crippen LogP contribution in [0.2, 0.25) is 0 Å². The number of carbonyl (C=O) groups excluding carboxylic acids is 1. The smallest absolute Gasteiger partial charge is 0.326 e. The van der Waals surface area contributed by atoms with E-state index in [1.54, 1.807) is 0 Å². The van der Waals surface area contributed by atoms with Crippen molar-refractivity contribution in [3.8, 4) is 0 Å². The summed E-state index contributed by atoms with van der Waals surface area (Å²) in [6, 6.07) is 2.85. The molecule has 0 unspecified atom stereocenters. The lowest BCUT2D eigenvalue weighted by Gasteiger charge is -2.07. The Hall–Kier alpha value is -1.78. The number of nitrogens with zero attached hydrogens (tertiary/aromatic N) is 1. The standard InChI is InChI=1S/C13H20N2O3/c1-2-3-4-5-8-18-13(17)10-15-9-11(14)6-7-12(15)16/h6-7,9H,2-5,8,10,14H2,1H3. The first-order valence-electron chi connectivity index (χ1n) is 6.25. The zero-order chi connectivity index (χ0) is 13.4. The molecule has 0 aliphatic rings. The molecule has 0 radical (unpaired) electrons. The molecule has 1 rings (SSSR count). The van der Waals surface area contributed by atoms with Gasteiger partial charge in [-0.2, -0.15) is 0 Å². The van der Waals surface area contributed by atoms with E-state index in [2.05, 4.69) is 6.92 Å². The summed E-state index contributed by atoms with van der Waals surface area (Å²) in [6.45, 7) is 2.45. The van der Waals surface area contributed by atoms with Crippen molar-refractivity contribution in [2.75, 3.05) is 12.3 Å². The molecular weight excluding hydrogens is 232 g/mol. The van der Waals surface area contributed by atoms with E-state index < -0.39 is 5.97 Å². The molecule has 0 amide bonds. The third-order valence-corrected chi connectivity index (χ3v) is 2.57. The number of anilines is 1. The second-order valence-corrected chi connectivity index (χ2v) is 4.21. The van der Waals surface area contributed by atoms with Gasteiger partial charge in [0.1, 0.15) is 6.54 Å². The van der Waals surface area contributed by atoms with Crippen molar-refractivity contribution in [1.29, 1.82) is 0 Å². The van der Waals surface area contributed by atoms with Crippen LogP contribution >= 0.6 is 0 Å². The van der Waals surface area contributed by atoms with Crippen LogP contribution in [0.5, 0.6) is 0 Å². The Kier molecular flexibility index (Phi) is 5.97. The van der Waals surface area contributed by atoms with Crippen LogP contribution in [0.15, 0.2) is 23.1 Å². The summed E-state index contributed by atoms with van der Waals surface area (Å²) in [5.41, 5.74) is 5.74. The number of ether oxygens (including phenoxy) is 1. The van der Waals surface area contributed by atoms with Crippen LogP contribution in [-0.4, -0.2) is 17.1 Å². The van der Waals surface area contributed by atoms with Gasteiger partial charge < -0.3 is 15.0 Å². The lowest BCUT2D eigenvalue weighted by Crippen LogP contribution is -2.24. The molecule has 0 aliphatic carbocycles. The minimum atomic E-state index is -0.404. The Morgan fingerprint density at radius 3 is 2.83 bits per heavy atom. The Labute approximate surface area is 107 Å². The van der Waals surface area contributed by atoms with Crippen molar-refractivity contribution in [1.82, 2.24) is 4.57 Å². The van der Waals surface area contributed by atoms with Gasteiger partial charge in [0.15, 0.2) is 0 Å². The number of aromatic nitrogens is 1. The predicted molar refractivity (Wildman–Crippen MR) is 70.2 cm³/mol. The first-order valence-corrected chi connectivity index (χ1v) is 6.25. The highest BCUT2D eigenvalue weighted by Gasteiger charge is 2.05. The lowest BCUT2D eigenvalue weighted by atomic mass is 10.2. The molecule has 5 heteroatoms. The van der Waals surface area contributed by atoms with Crippen molar-refractivity contribution in [2.45, 2.75) is 39.2 Å². The van der Waals surface area contributed by atoms with Gasteiger partial charge in [0.25, 0.3) is 5.56 Å². The largest absolute Gasteiger partial charge is 0.464 e. The van der Waals surface area contributed by atoms with E-state index >= 15 is 0 Å². The number of esters is 1. The summed E-state index contributed by atoms with van der Waals surface area (Å²) >= 11 is 0. The van der Waals surface area contributed by atoms with E-state index in [1.807, 2.05) is 0 Å². The van der Waals surface area contributed by atoms with Crippen molar-refractivity contribution in [3.63, 3.8) is 0 Å². The summed E-state index contributed by atoms with van der Waals surface area (Å²) in [6.07, 6.45) is 5.66. The van der Waals surface area contributed by atoms with Gasteiger partial charge in [-0.15, -0.1) is 0 Å². The molecule has 0 aromatic carbocycles. The molecule has 5 nitrogen and oxygen atoms in total. The second kappa shape index (κ2) is 7.53. The maximum absolute atomic E-state index is 11.5. The third kappa shape index (κ3) is 5.03. The van der Waals surface area contributed by atoms with Gasteiger partial charge in [-0.25, -0.2) is 0 Å². The van der Waals surface area contributed by atoms with E-state index in [4.69, 9.17) is 10.5 Å². The molecule has 1 heterocycles. The van der Waals surface area contributed by atoms with E-state index in [9.17, 15) is 9.59 Å². The Bertz CT molecular complexity index is 440. The normalized spacial score (nSPS) is 10.3. The van der Waals surface area contributed by atoms with Gasteiger partial charge in [0.05, 0.1) is 6.61 Å². The molecule has 0 bridgehead atoms. The highest BCUT2D eigenvalue weighted by atomic mass is 16.5. The van der Waals surface area contributed by atoms with Gasteiger partial charge in [0.2, 0.25) is 0 Å². The van der Waals surface area contributed by atoms with Crippen LogP contribution in [0, 0.1) is 0 Å². The fraction of sp³-hybridized carbons (Fsp3) is 0.538. The SMILES string of the molecule is CCCCCCOC(=O)Cn1cc(N)ccc1=O. The van der Waals surface area contributed by atoms with Crippen LogP contribution in [0.25, 0.3) is 0 Å². The molecule has 1 aromatic rings. The summed E-state index contributed by atoms with van der Waals surface area (Å²) in [5, 5.41) is 0. The molecule has 0 aliphatic heterocycles. The second-order valence-electron chi connectivity index (χ2n) is 4.21. The van der Waals surface area contributed by atoms with Crippen LogP contribution in [0.1, 0.15) is 32.6 Å². The highest BCUT2D eigenvalue weighted by molar-refractivity contribution is 5.69. The number of carbonyl (C=O) groups is 1. The van der Waals surface area contributed by atoms with E-state index in [-0.39, 0.29) is 12.1 Å². The molecule has 0 saturated carbocycles. The van der Waals surface area contributed by atoms with Gasteiger partial charge in [-0.3, -0.25) is 9.59 Å². The number of pyridine rings is 1. The summed E-state index contributed by atoms with van der Waals surface area (Å²) in [5.74, 6) is -0.404. The highest BCUT2D eigenvalue weighted by Crippen LogP contribution is 2.00. The maximum Gasteiger partial charge on any atom is 0.326 e. The summed E-state index contributed by atoms with van der Waals surface area (Å²) in [7, 11) is 0. The van der Waals surface area contributed by atoms with Crippen molar-refractivity contribution >= 4 is 11.7 Å². The van der Waals surface area contributed by atoms with Crippen LogP contribution in [0.4, 0.5) is 5.69 Å². The number of hydrogen-bond acceptors (Lipinski definition) is 4. The number of hydrogen-bond donors (Lipinski definition) is 1. The van der Waals surface area contributed by atoms with Gasteiger partial charge in [-0.1, -0.05) is 26.2 Å². The third-order valence-electron chi connectivity index (χ3n) is 2.57. The van der Waals surface area contributed by atoms with Crippen molar-refractivity contribution in [3.05, 3.63) is 28.7 Å². The quantitative estimate of drug-likeness (QED) is 0.590. The minimum absolute atomic E-state index is 0.0857. The van der Waals surface area contributed by atoms with Gasteiger partial charge >= 0.3 is 5.97 Å². The average molecular weight is 252 g/mol. The van der Waals surface area contributed by atoms with E-state index in [1.165, 1.54) is 22.9 Å². The molecule has 100 valence electrons. The minimum Gasteiger partial charge on any atom is -0.464 e. The Morgan fingerprint density at radius 2 is 2.11 bits per heavy atom. The van der Waals surface area contributed by atoms with Crippen molar-refractivity contribution in [2.24, 2.45) is 0 Å². The van der Waals surface area contributed by atoms with Gasteiger partial charge in [0, 0.05) is 18.0 Å². The first-order chi connectivity index (χ1) is 8.63. The number of nitrogens with two attached hydrogens (primary N) is 1. The monoisotopic (exact) mass is 252 g/mol. The fourth-order valence-corrected chi connectivity index (χ4v) is 1.57. The van der Waals surface area contributed by atoms with Crippen molar-refractivity contribution < 1.29 is 9.53 Å². The topological polar surface area (TPSA) is 74.3 Å². The van der Waals surface area contributed by atoms with Gasteiger partial charge in [-0.05, 0) is 12.5 Å². The Morgan fingerprint density at radius 1 is 1.33 bits per heavy atom. The zero-order valence-corrected chi connectivity index (χ0v) is 10.7. The zero-order valence-electron chi connectivity index (χ0n) is 10.7. The molecular formula is C13H20N2O3. The Balaban J connectivity index is 2.35. The molecule has 2 N–H and O–H groups in total. The summed E-state index contributed by atoms with van der Waals surface area (Å²) < 4.78 is 6.30. The molecule has 0 fully saturated rings. The molecule has 0 spiro atoms. The maximum atomic E-state index is 11.5. The van der Waals surface area contributed by atoms with Crippen LogP contribution in [-0.2, 0) is 16.1 Å². The molecule has 1 aromatic heterocycles. The average Bonchev–Trinajstić information content (AvgIpc) is 2.33. The number of nitrogen functional groups attached to an aromatic ring is 1. The number of unbranched alkanes of at least 4 members (excludes halogenated alkanes) is 3. The molecule has 0 saturated heterocycles. The summed E-state index contributed by atoms with van der Waals surface area (Å²) in [4.78, 5) is 22.9. The van der Waals surface area contributed by atoms with Crippen LogP contribution < -0.4 is 11.3 Å². The van der Waals surface area contributed by atoms with E-state index in [0.717, 1.165) is 25.7 Å². The van der Waals surface area contributed by atoms with Crippen LogP contribution in [0.3, 0.4) is 0 Å². The predicted octanol–water partition coefficient (Wildman–Crippen LogP) is 1.55. The molecule has 18 heavy (non-hydrogen) atoms. The molecule has 0 atom stereocenters. The number of rotatable bonds is 7. The van der Waals surface area contributed by atoms with E-state index in [0.29, 0.717) is 12.3 Å².